The van der Waals surface area contributed by atoms with Crippen LogP contribution in [0, 0.1) is 0 Å². The van der Waals surface area contributed by atoms with E-state index in [-0.39, 0.29) is 0 Å². The number of ether oxygens (including phenoxy) is 3. The standard InChI is InChI=1S/C13H21NO6/c1-13(2,3)20-12(17)14-8(10(15)18-4)6-7-9(14)11(16)19-5/h8-9H,6-7H2,1-5H3/t8-,9?/m1/s1. The number of esters is 2. The summed E-state index contributed by atoms with van der Waals surface area (Å²) < 4.78 is 14.6. The van der Waals surface area contributed by atoms with Crippen LogP contribution in [0.4, 0.5) is 4.79 Å². The van der Waals surface area contributed by atoms with E-state index in [0.717, 1.165) is 4.90 Å². The molecule has 1 amide bonds. The molecule has 1 saturated heterocycles. The van der Waals surface area contributed by atoms with E-state index < -0.39 is 35.7 Å². The van der Waals surface area contributed by atoms with Gasteiger partial charge in [0, 0.05) is 0 Å². The van der Waals surface area contributed by atoms with Crippen LogP contribution >= 0.6 is 0 Å². The predicted octanol–water partition coefficient (Wildman–Crippen LogP) is 1.10. The summed E-state index contributed by atoms with van der Waals surface area (Å²) >= 11 is 0. The second-order valence-corrected chi connectivity index (χ2v) is 5.54. The SMILES string of the molecule is COC(=O)C1CC[C@H](C(=O)OC)N1C(=O)OC(C)(C)C. The number of nitrogens with zero attached hydrogens (tertiary/aromatic N) is 1. The van der Waals surface area contributed by atoms with Crippen LogP contribution in [0.2, 0.25) is 0 Å². The monoisotopic (exact) mass is 287 g/mol. The maximum Gasteiger partial charge on any atom is 0.411 e. The van der Waals surface area contributed by atoms with Crippen LogP contribution in [0.1, 0.15) is 33.6 Å². The Morgan fingerprint density at radius 3 is 1.65 bits per heavy atom. The summed E-state index contributed by atoms with van der Waals surface area (Å²) in [7, 11) is 2.47. The van der Waals surface area contributed by atoms with E-state index in [9.17, 15) is 14.4 Å². The van der Waals surface area contributed by atoms with E-state index in [4.69, 9.17) is 4.74 Å². The Morgan fingerprint density at radius 1 is 0.950 bits per heavy atom. The molecule has 2 atom stereocenters. The van der Waals surface area contributed by atoms with Gasteiger partial charge >= 0.3 is 18.0 Å². The average Bonchev–Trinajstić information content (AvgIpc) is 2.79. The molecule has 7 nitrogen and oxygen atoms in total. The molecule has 114 valence electrons. The highest BCUT2D eigenvalue weighted by molar-refractivity contribution is 5.88. The Hall–Kier alpha value is -1.79. The Kier molecular flexibility index (Phi) is 4.97. The topological polar surface area (TPSA) is 82.1 Å². The van der Waals surface area contributed by atoms with Gasteiger partial charge in [-0.2, -0.15) is 0 Å². The van der Waals surface area contributed by atoms with E-state index in [1.54, 1.807) is 20.8 Å². The van der Waals surface area contributed by atoms with Gasteiger partial charge in [0.25, 0.3) is 0 Å². The molecule has 0 aromatic rings. The predicted molar refractivity (Wildman–Crippen MR) is 68.9 cm³/mol. The van der Waals surface area contributed by atoms with Gasteiger partial charge in [-0.15, -0.1) is 0 Å². The number of amides is 1. The summed E-state index contributed by atoms with van der Waals surface area (Å²) in [5, 5.41) is 0. The quantitative estimate of drug-likeness (QED) is 0.559. The fourth-order valence-electron chi connectivity index (χ4n) is 2.12. The maximum absolute atomic E-state index is 12.2. The molecule has 0 spiro atoms. The minimum absolute atomic E-state index is 0.339. The van der Waals surface area contributed by atoms with E-state index in [0.29, 0.717) is 12.8 Å². The first-order valence-electron chi connectivity index (χ1n) is 6.38. The van der Waals surface area contributed by atoms with Gasteiger partial charge in [-0.25, -0.2) is 14.4 Å². The zero-order valence-corrected chi connectivity index (χ0v) is 12.5. The van der Waals surface area contributed by atoms with Crippen molar-refractivity contribution >= 4 is 18.0 Å². The highest BCUT2D eigenvalue weighted by atomic mass is 16.6. The smallest absolute Gasteiger partial charge is 0.411 e. The lowest BCUT2D eigenvalue weighted by Gasteiger charge is -2.30. The highest BCUT2D eigenvalue weighted by Crippen LogP contribution is 2.28. The molecular weight excluding hydrogens is 266 g/mol. The van der Waals surface area contributed by atoms with Crippen LogP contribution in [-0.2, 0) is 23.8 Å². The number of carbonyl (C=O) groups excluding carboxylic acids is 3. The fraction of sp³-hybridized carbons (Fsp3) is 0.769. The third kappa shape index (κ3) is 3.61. The molecule has 1 aliphatic heterocycles. The van der Waals surface area contributed by atoms with Gasteiger partial charge in [0.15, 0.2) is 0 Å². The Labute approximate surface area is 118 Å². The van der Waals surface area contributed by atoms with Crippen molar-refractivity contribution in [3.8, 4) is 0 Å². The summed E-state index contributed by atoms with van der Waals surface area (Å²) in [6.45, 7) is 5.13. The van der Waals surface area contributed by atoms with Gasteiger partial charge in [0.05, 0.1) is 14.2 Å². The zero-order valence-electron chi connectivity index (χ0n) is 12.5. The maximum atomic E-state index is 12.2. The van der Waals surface area contributed by atoms with Gasteiger partial charge in [-0.3, -0.25) is 4.90 Å². The van der Waals surface area contributed by atoms with Crippen LogP contribution in [0.25, 0.3) is 0 Å². The first-order chi connectivity index (χ1) is 9.21. The fourth-order valence-corrected chi connectivity index (χ4v) is 2.12. The molecule has 1 rings (SSSR count). The van der Waals surface area contributed by atoms with Crippen LogP contribution in [-0.4, -0.2) is 54.8 Å². The van der Waals surface area contributed by atoms with E-state index in [1.807, 2.05) is 0 Å². The molecule has 1 fully saturated rings. The largest absolute Gasteiger partial charge is 0.467 e. The molecule has 0 saturated carbocycles. The Balaban J connectivity index is 2.98. The lowest BCUT2D eigenvalue weighted by molar-refractivity contribution is -0.150. The van der Waals surface area contributed by atoms with Crippen molar-refractivity contribution in [3.63, 3.8) is 0 Å². The van der Waals surface area contributed by atoms with Crippen molar-refractivity contribution < 1.29 is 28.6 Å². The van der Waals surface area contributed by atoms with E-state index in [2.05, 4.69) is 9.47 Å². The van der Waals surface area contributed by atoms with Crippen molar-refractivity contribution in [1.82, 2.24) is 4.90 Å². The summed E-state index contributed by atoms with van der Waals surface area (Å²) in [5.74, 6) is -1.13. The molecule has 0 radical (unpaired) electrons. The number of likely N-dealkylation sites (tertiary alicyclic amines) is 1. The van der Waals surface area contributed by atoms with Crippen LogP contribution in [0.3, 0.4) is 0 Å². The minimum atomic E-state index is -0.820. The number of hydrogen-bond donors (Lipinski definition) is 0. The number of methoxy groups -OCH3 is 2. The molecule has 7 heteroatoms. The van der Waals surface area contributed by atoms with Gasteiger partial charge in [0.1, 0.15) is 17.7 Å². The van der Waals surface area contributed by atoms with Gasteiger partial charge in [0.2, 0.25) is 0 Å². The molecule has 20 heavy (non-hydrogen) atoms. The summed E-state index contributed by atoms with van der Waals surface area (Å²) in [5.41, 5.74) is -0.721. The molecule has 0 aromatic carbocycles. The van der Waals surface area contributed by atoms with Crippen LogP contribution in [0.15, 0.2) is 0 Å². The second kappa shape index (κ2) is 6.11. The Bertz CT molecular complexity index is 376. The Morgan fingerprint density at radius 2 is 1.35 bits per heavy atom. The van der Waals surface area contributed by atoms with Crippen molar-refractivity contribution in [1.29, 1.82) is 0 Å². The molecule has 1 unspecified atom stereocenters. The zero-order chi connectivity index (χ0) is 15.5. The number of carbonyl (C=O) groups is 3. The average molecular weight is 287 g/mol. The highest BCUT2D eigenvalue weighted by Gasteiger charge is 2.47. The normalized spacial score (nSPS) is 22.4. The molecule has 0 N–H and O–H groups in total. The number of rotatable bonds is 2. The first-order valence-corrected chi connectivity index (χ1v) is 6.38. The molecule has 0 aliphatic carbocycles. The summed E-state index contributed by atoms with van der Waals surface area (Å²) in [6, 6.07) is -1.64. The van der Waals surface area contributed by atoms with Crippen molar-refractivity contribution in [3.05, 3.63) is 0 Å². The molecular formula is C13H21NO6. The molecule has 0 bridgehead atoms. The van der Waals surface area contributed by atoms with Gasteiger partial charge in [-0.1, -0.05) is 0 Å². The lowest BCUT2D eigenvalue weighted by Crippen LogP contribution is -2.50. The summed E-state index contributed by atoms with van der Waals surface area (Å²) in [4.78, 5) is 36.8. The van der Waals surface area contributed by atoms with E-state index in [1.165, 1.54) is 14.2 Å². The summed E-state index contributed by atoms with van der Waals surface area (Å²) in [6.07, 6.45) is -0.0435. The van der Waals surface area contributed by atoms with Crippen LogP contribution < -0.4 is 0 Å². The molecule has 1 heterocycles. The van der Waals surface area contributed by atoms with E-state index >= 15 is 0 Å². The lowest BCUT2D eigenvalue weighted by atomic mass is 10.2. The second-order valence-electron chi connectivity index (χ2n) is 5.54. The molecule has 0 aromatic heterocycles. The minimum Gasteiger partial charge on any atom is -0.467 e. The van der Waals surface area contributed by atoms with Gasteiger partial charge < -0.3 is 14.2 Å². The number of hydrogen-bond acceptors (Lipinski definition) is 6. The molecule has 1 aliphatic rings. The van der Waals surface area contributed by atoms with Crippen molar-refractivity contribution in [2.75, 3.05) is 14.2 Å². The van der Waals surface area contributed by atoms with Crippen molar-refractivity contribution in [2.24, 2.45) is 0 Å². The first kappa shape index (κ1) is 16.3. The van der Waals surface area contributed by atoms with Crippen molar-refractivity contribution in [2.45, 2.75) is 51.3 Å². The third-order valence-corrected chi connectivity index (χ3v) is 2.94. The third-order valence-electron chi connectivity index (χ3n) is 2.94. The van der Waals surface area contributed by atoms with Crippen LogP contribution in [0.5, 0.6) is 0 Å². The van der Waals surface area contributed by atoms with Gasteiger partial charge in [-0.05, 0) is 33.6 Å².